The van der Waals surface area contributed by atoms with Crippen LogP contribution in [0.25, 0.3) is 0 Å². The predicted octanol–water partition coefficient (Wildman–Crippen LogP) is 3.76. The third-order valence-electron chi connectivity index (χ3n) is 5.48. The maximum Gasteiger partial charge on any atom is 0.303 e. The number of hydrogen-bond donors (Lipinski definition) is 2. The highest BCUT2D eigenvalue weighted by molar-refractivity contribution is 6.20. The van der Waals surface area contributed by atoms with E-state index in [4.69, 9.17) is 5.11 Å². The summed E-state index contributed by atoms with van der Waals surface area (Å²) in [5, 5.41) is 11.5. The van der Waals surface area contributed by atoms with Gasteiger partial charge in [0.25, 0.3) is 5.91 Å². The second-order valence-electron chi connectivity index (χ2n) is 7.89. The van der Waals surface area contributed by atoms with Crippen LogP contribution in [0.15, 0.2) is 59.6 Å². The number of benzene rings is 2. The van der Waals surface area contributed by atoms with Gasteiger partial charge >= 0.3 is 5.97 Å². The predicted molar refractivity (Wildman–Crippen MR) is 124 cm³/mol. The van der Waals surface area contributed by atoms with Crippen molar-refractivity contribution in [2.45, 2.75) is 51.1 Å². The van der Waals surface area contributed by atoms with Crippen LogP contribution in [0.1, 0.15) is 56.1 Å². The second kappa shape index (κ2) is 11.2. The van der Waals surface area contributed by atoms with Crippen LogP contribution in [0.3, 0.4) is 0 Å². The number of hydrogen-bond acceptors (Lipinski definition) is 4. The first-order valence-electron chi connectivity index (χ1n) is 11.0. The van der Waals surface area contributed by atoms with Crippen molar-refractivity contribution in [2.24, 2.45) is 4.99 Å². The molecule has 3 rings (SSSR count). The van der Waals surface area contributed by atoms with Gasteiger partial charge in [-0.3, -0.25) is 14.4 Å². The molecular weight excluding hydrogens is 406 g/mol. The lowest BCUT2D eigenvalue weighted by Crippen LogP contribution is -2.46. The number of carboxylic acids is 1. The van der Waals surface area contributed by atoms with Gasteiger partial charge in [0.05, 0.1) is 11.4 Å². The average Bonchev–Trinajstić information content (AvgIpc) is 2.89. The number of benzodiazepines with no additional fused rings is 1. The number of anilines is 1. The first kappa shape index (κ1) is 23.2. The van der Waals surface area contributed by atoms with Crippen LogP contribution in [0.4, 0.5) is 5.69 Å². The van der Waals surface area contributed by atoms with E-state index in [1.807, 2.05) is 54.6 Å². The molecule has 1 aliphatic rings. The first-order chi connectivity index (χ1) is 15.5. The standard InChI is InChI=1S/C25H29N3O4/c1-28-20-15-11-10-14-19(20)23(18-12-6-5-7-13-18)27-24(25(28)32)26-21(29)16-8-3-2-4-9-17-22(30)31/h5-7,10-15,24H,2-4,8-9,16-17H2,1H3,(H,26,29)(H,30,31). The lowest BCUT2D eigenvalue weighted by atomic mass is 10.0. The summed E-state index contributed by atoms with van der Waals surface area (Å²) < 4.78 is 0. The van der Waals surface area contributed by atoms with Crippen LogP contribution >= 0.6 is 0 Å². The fourth-order valence-electron chi connectivity index (χ4n) is 3.76. The molecule has 0 bridgehead atoms. The minimum absolute atomic E-state index is 0.182. The highest BCUT2D eigenvalue weighted by atomic mass is 16.4. The SMILES string of the molecule is CN1C(=O)C(NC(=O)CCCCCCCC(=O)O)N=C(c2ccccc2)c2ccccc21. The molecule has 0 fully saturated rings. The van der Waals surface area contributed by atoms with E-state index in [1.54, 1.807) is 11.9 Å². The third kappa shape index (κ3) is 6.03. The Morgan fingerprint density at radius 3 is 2.28 bits per heavy atom. The number of carboxylic acid groups (broad SMARTS) is 1. The van der Waals surface area contributed by atoms with Crippen molar-refractivity contribution in [3.63, 3.8) is 0 Å². The zero-order chi connectivity index (χ0) is 22.9. The number of carbonyl (C=O) groups is 3. The number of aliphatic carboxylic acids is 1. The molecule has 0 saturated heterocycles. The summed E-state index contributed by atoms with van der Waals surface area (Å²) in [6.45, 7) is 0. The maximum atomic E-state index is 13.1. The van der Waals surface area contributed by atoms with Gasteiger partial charge in [0.1, 0.15) is 0 Å². The molecule has 0 aromatic heterocycles. The lowest BCUT2D eigenvalue weighted by Gasteiger charge is -2.20. The van der Waals surface area contributed by atoms with Gasteiger partial charge in [0, 0.05) is 31.0 Å². The number of nitrogens with one attached hydrogen (secondary N) is 1. The van der Waals surface area contributed by atoms with E-state index in [-0.39, 0.29) is 18.2 Å². The van der Waals surface area contributed by atoms with Crippen molar-refractivity contribution < 1.29 is 19.5 Å². The molecule has 0 saturated carbocycles. The molecule has 7 nitrogen and oxygen atoms in total. The Labute approximate surface area is 188 Å². The second-order valence-corrected chi connectivity index (χ2v) is 7.89. The first-order valence-corrected chi connectivity index (χ1v) is 11.0. The Balaban J connectivity index is 1.67. The minimum atomic E-state index is -0.995. The van der Waals surface area contributed by atoms with Crippen molar-refractivity contribution in [1.29, 1.82) is 0 Å². The van der Waals surface area contributed by atoms with E-state index in [2.05, 4.69) is 10.3 Å². The molecule has 2 aromatic carbocycles. The van der Waals surface area contributed by atoms with Crippen LogP contribution in [-0.4, -0.2) is 41.8 Å². The smallest absolute Gasteiger partial charge is 0.303 e. The molecule has 168 valence electrons. The van der Waals surface area contributed by atoms with Gasteiger partial charge in [-0.25, -0.2) is 4.99 Å². The van der Waals surface area contributed by atoms with E-state index in [9.17, 15) is 14.4 Å². The van der Waals surface area contributed by atoms with E-state index >= 15 is 0 Å². The van der Waals surface area contributed by atoms with Crippen LogP contribution < -0.4 is 10.2 Å². The van der Waals surface area contributed by atoms with Gasteiger partial charge in [-0.1, -0.05) is 67.8 Å². The number of fused-ring (bicyclic) bond motifs is 1. The number of para-hydroxylation sites is 1. The summed E-state index contributed by atoms with van der Waals surface area (Å²) in [7, 11) is 1.70. The van der Waals surface area contributed by atoms with Crippen LogP contribution in [-0.2, 0) is 14.4 Å². The number of nitrogens with zero attached hydrogens (tertiary/aromatic N) is 2. The van der Waals surface area contributed by atoms with E-state index < -0.39 is 12.1 Å². The summed E-state index contributed by atoms with van der Waals surface area (Å²) >= 11 is 0. The van der Waals surface area contributed by atoms with Gasteiger partial charge in [-0.15, -0.1) is 0 Å². The number of unbranched alkanes of at least 4 members (excludes halogenated alkanes) is 4. The average molecular weight is 436 g/mol. The van der Waals surface area contributed by atoms with Crippen LogP contribution in [0.5, 0.6) is 0 Å². The number of likely N-dealkylation sites (N-methyl/N-ethyl adjacent to an activating group) is 1. The summed E-state index contributed by atoms with van der Waals surface area (Å²) in [6.07, 6.45) is 3.39. The van der Waals surface area contributed by atoms with E-state index in [0.717, 1.165) is 36.1 Å². The molecule has 0 aliphatic carbocycles. The lowest BCUT2D eigenvalue weighted by molar-refractivity contribution is -0.137. The molecule has 0 radical (unpaired) electrons. The van der Waals surface area contributed by atoms with E-state index in [1.165, 1.54) is 0 Å². The monoisotopic (exact) mass is 435 g/mol. The fraction of sp³-hybridized carbons (Fsp3) is 0.360. The summed E-state index contributed by atoms with van der Waals surface area (Å²) in [5.74, 6) is -1.28. The fourth-order valence-corrected chi connectivity index (χ4v) is 3.76. The zero-order valence-electron chi connectivity index (χ0n) is 18.3. The molecule has 7 heteroatoms. The van der Waals surface area contributed by atoms with E-state index in [0.29, 0.717) is 25.0 Å². The molecule has 2 amide bonds. The van der Waals surface area contributed by atoms with Gasteiger partial charge in [-0.2, -0.15) is 0 Å². The third-order valence-corrected chi connectivity index (χ3v) is 5.48. The largest absolute Gasteiger partial charge is 0.481 e. The Kier molecular flexibility index (Phi) is 8.14. The summed E-state index contributed by atoms with van der Waals surface area (Å²) in [6, 6.07) is 17.2. The summed E-state index contributed by atoms with van der Waals surface area (Å²) in [5.41, 5.74) is 3.14. The van der Waals surface area contributed by atoms with Crippen LogP contribution in [0.2, 0.25) is 0 Å². The van der Waals surface area contributed by atoms with Crippen molar-refractivity contribution in [2.75, 3.05) is 11.9 Å². The normalized spacial score (nSPS) is 15.5. The van der Waals surface area contributed by atoms with Gasteiger partial charge in [0.2, 0.25) is 12.1 Å². The molecule has 2 N–H and O–H groups in total. The molecule has 2 aromatic rings. The molecule has 1 heterocycles. The molecular formula is C25H29N3O4. The Morgan fingerprint density at radius 2 is 1.56 bits per heavy atom. The van der Waals surface area contributed by atoms with Crippen LogP contribution in [0, 0.1) is 0 Å². The number of amides is 2. The molecule has 0 spiro atoms. The van der Waals surface area contributed by atoms with Crippen molar-refractivity contribution >= 4 is 29.2 Å². The number of aliphatic imine (C=N–C) groups is 1. The Bertz CT molecular complexity index is 988. The highest BCUT2D eigenvalue weighted by Crippen LogP contribution is 2.27. The minimum Gasteiger partial charge on any atom is -0.481 e. The topological polar surface area (TPSA) is 99.1 Å². The Hall–Kier alpha value is -3.48. The van der Waals surface area contributed by atoms with Gasteiger partial charge in [0.15, 0.2) is 0 Å². The van der Waals surface area contributed by atoms with Gasteiger partial charge in [-0.05, 0) is 18.9 Å². The van der Waals surface area contributed by atoms with Crippen molar-refractivity contribution in [1.82, 2.24) is 5.32 Å². The Morgan fingerprint density at radius 1 is 0.938 bits per heavy atom. The summed E-state index contributed by atoms with van der Waals surface area (Å²) in [4.78, 5) is 42.4. The number of rotatable bonds is 10. The van der Waals surface area contributed by atoms with Crippen molar-refractivity contribution in [3.8, 4) is 0 Å². The quantitative estimate of drug-likeness (QED) is 0.555. The molecule has 32 heavy (non-hydrogen) atoms. The molecule has 1 atom stereocenters. The highest BCUT2D eigenvalue weighted by Gasteiger charge is 2.30. The maximum absolute atomic E-state index is 13.1. The number of carbonyl (C=O) groups excluding carboxylic acids is 2. The van der Waals surface area contributed by atoms with Crippen molar-refractivity contribution in [3.05, 3.63) is 65.7 Å². The van der Waals surface area contributed by atoms with Gasteiger partial charge < -0.3 is 15.3 Å². The molecule has 1 aliphatic heterocycles. The zero-order valence-corrected chi connectivity index (χ0v) is 18.3. The molecule has 1 unspecified atom stereocenters.